The van der Waals surface area contributed by atoms with Gasteiger partial charge in [0.1, 0.15) is 0 Å². The summed E-state index contributed by atoms with van der Waals surface area (Å²) in [6.45, 7) is 2.30. The number of nitrogens with one attached hydrogen (secondary N) is 2. The van der Waals surface area contributed by atoms with Crippen molar-refractivity contribution in [2.45, 2.75) is 25.2 Å². The predicted molar refractivity (Wildman–Crippen MR) is 92.6 cm³/mol. The lowest BCUT2D eigenvalue weighted by atomic mass is 9.93. The van der Waals surface area contributed by atoms with E-state index in [0.717, 1.165) is 47.1 Å². The maximum atomic E-state index is 13.8. The molecule has 26 heavy (non-hydrogen) atoms. The predicted octanol–water partition coefficient (Wildman–Crippen LogP) is 4.36. The summed E-state index contributed by atoms with van der Waals surface area (Å²) in [5.41, 5.74) is 2.52. The van der Waals surface area contributed by atoms with Crippen molar-refractivity contribution in [2.75, 3.05) is 6.54 Å². The first-order chi connectivity index (χ1) is 12.4. The minimum Gasteiger partial charge on any atom is -0.358 e. The van der Waals surface area contributed by atoms with Crippen molar-refractivity contribution in [3.63, 3.8) is 0 Å². The number of amides is 1. The molecule has 3 nitrogen and oxygen atoms in total. The van der Waals surface area contributed by atoms with Crippen molar-refractivity contribution in [3.05, 3.63) is 70.7 Å². The summed E-state index contributed by atoms with van der Waals surface area (Å²) in [4.78, 5) is 15.6. The lowest BCUT2D eigenvalue weighted by Gasteiger charge is -2.17. The van der Waals surface area contributed by atoms with Crippen LogP contribution in [0.5, 0.6) is 0 Å². The van der Waals surface area contributed by atoms with Crippen LogP contribution < -0.4 is 5.32 Å². The van der Waals surface area contributed by atoms with Crippen LogP contribution in [0.4, 0.5) is 13.2 Å². The standard InChI is InChI=1S/C20H17F3N2O/c1-11-16(12-4-2-3-5-15(12)25-11)20(8-9-20)10-24-19(26)13-6-7-14(21)18(23)17(13)22/h2-7,25H,8-10H2,1H3,(H,24,26). The van der Waals surface area contributed by atoms with Gasteiger partial charge in [-0.3, -0.25) is 4.79 Å². The van der Waals surface area contributed by atoms with Gasteiger partial charge in [-0.05, 0) is 43.5 Å². The van der Waals surface area contributed by atoms with E-state index in [1.54, 1.807) is 0 Å². The van der Waals surface area contributed by atoms with Crippen molar-refractivity contribution < 1.29 is 18.0 Å². The van der Waals surface area contributed by atoms with Crippen LogP contribution in [0.1, 0.15) is 34.5 Å². The zero-order valence-corrected chi connectivity index (χ0v) is 14.1. The number of halogens is 3. The Balaban J connectivity index is 1.59. The molecule has 0 spiro atoms. The number of aromatic amines is 1. The van der Waals surface area contributed by atoms with Gasteiger partial charge in [0.15, 0.2) is 17.5 Å². The van der Waals surface area contributed by atoms with E-state index in [4.69, 9.17) is 0 Å². The molecule has 1 heterocycles. The van der Waals surface area contributed by atoms with Gasteiger partial charge >= 0.3 is 0 Å². The monoisotopic (exact) mass is 358 g/mol. The highest BCUT2D eigenvalue weighted by molar-refractivity contribution is 5.94. The molecule has 1 aromatic heterocycles. The first kappa shape index (κ1) is 16.7. The Morgan fingerprint density at radius 2 is 1.85 bits per heavy atom. The molecule has 6 heteroatoms. The molecule has 0 atom stereocenters. The topological polar surface area (TPSA) is 44.9 Å². The van der Waals surface area contributed by atoms with E-state index in [0.29, 0.717) is 6.54 Å². The number of hydrogen-bond acceptors (Lipinski definition) is 1. The fraction of sp³-hybridized carbons (Fsp3) is 0.250. The molecule has 2 N–H and O–H groups in total. The first-order valence-corrected chi connectivity index (χ1v) is 8.42. The van der Waals surface area contributed by atoms with Gasteiger partial charge in [0.25, 0.3) is 5.91 Å². The van der Waals surface area contributed by atoms with Crippen LogP contribution in [-0.2, 0) is 5.41 Å². The highest BCUT2D eigenvalue weighted by Crippen LogP contribution is 2.51. The molecule has 0 bridgehead atoms. The Labute approximate surface area is 148 Å². The second kappa shape index (κ2) is 5.90. The summed E-state index contributed by atoms with van der Waals surface area (Å²) in [5, 5.41) is 3.79. The average Bonchev–Trinajstić information content (AvgIpc) is 3.32. The van der Waals surface area contributed by atoms with Crippen molar-refractivity contribution in [1.82, 2.24) is 10.3 Å². The van der Waals surface area contributed by atoms with E-state index in [1.807, 2.05) is 31.2 Å². The lowest BCUT2D eigenvalue weighted by molar-refractivity contribution is 0.0944. The smallest absolute Gasteiger partial charge is 0.254 e. The Bertz CT molecular complexity index is 1020. The summed E-state index contributed by atoms with van der Waals surface area (Å²) in [7, 11) is 0. The van der Waals surface area contributed by atoms with Gasteiger partial charge in [-0.15, -0.1) is 0 Å². The Morgan fingerprint density at radius 3 is 2.58 bits per heavy atom. The molecule has 4 rings (SSSR count). The summed E-state index contributed by atoms with van der Waals surface area (Å²) >= 11 is 0. The summed E-state index contributed by atoms with van der Waals surface area (Å²) in [6.07, 6.45) is 1.80. The van der Waals surface area contributed by atoms with E-state index in [1.165, 1.54) is 0 Å². The quantitative estimate of drug-likeness (QED) is 0.669. The van der Waals surface area contributed by atoms with Gasteiger partial charge in [0.05, 0.1) is 5.56 Å². The molecule has 0 radical (unpaired) electrons. The summed E-state index contributed by atoms with van der Waals surface area (Å²) in [5.74, 6) is -5.15. The number of rotatable bonds is 4. The third-order valence-electron chi connectivity index (χ3n) is 5.14. The fourth-order valence-electron chi connectivity index (χ4n) is 3.67. The molecule has 1 aliphatic rings. The number of fused-ring (bicyclic) bond motifs is 1. The van der Waals surface area contributed by atoms with Crippen LogP contribution >= 0.6 is 0 Å². The molecule has 0 aliphatic heterocycles. The highest BCUT2D eigenvalue weighted by atomic mass is 19.2. The number of aryl methyl sites for hydroxylation is 1. The van der Waals surface area contributed by atoms with E-state index >= 15 is 0 Å². The van der Waals surface area contributed by atoms with Crippen LogP contribution in [0.15, 0.2) is 36.4 Å². The number of aromatic nitrogens is 1. The molecular formula is C20H17F3N2O. The Hall–Kier alpha value is -2.76. The normalized spacial score (nSPS) is 15.2. The maximum Gasteiger partial charge on any atom is 0.254 e. The van der Waals surface area contributed by atoms with Gasteiger partial charge in [0.2, 0.25) is 0 Å². The van der Waals surface area contributed by atoms with Crippen LogP contribution in [0.2, 0.25) is 0 Å². The van der Waals surface area contributed by atoms with Gasteiger partial charge in [-0.2, -0.15) is 0 Å². The third-order valence-corrected chi connectivity index (χ3v) is 5.14. The second-order valence-electron chi connectivity index (χ2n) is 6.86. The van der Waals surface area contributed by atoms with Crippen molar-refractivity contribution in [2.24, 2.45) is 0 Å². The largest absolute Gasteiger partial charge is 0.358 e. The van der Waals surface area contributed by atoms with Gasteiger partial charge in [-0.1, -0.05) is 18.2 Å². The average molecular weight is 358 g/mol. The Morgan fingerprint density at radius 1 is 1.12 bits per heavy atom. The number of para-hydroxylation sites is 1. The molecule has 1 fully saturated rings. The molecule has 134 valence electrons. The molecule has 1 amide bonds. The van der Waals surface area contributed by atoms with Crippen LogP contribution in [0.25, 0.3) is 10.9 Å². The summed E-state index contributed by atoms with van der Waals surface area (Å²) in [6, 6.07) is 9.66. The number of H-pyrrole nitrogens is 1. The molecular weight excluding hydrogens is 341 g/mol. The minimum atomic E-state index is -1.63. The summed E-state index contributed by atoms with van der Waals surface area (Å²) < 4.78 is 40.2. The molecule has 1 aliphatic carbocycles. The molecule has 2 aromatic carbocycles. The van der Waals surface area contributed by atoms with Crippen LogP contribution in [0, 0.1) is 24.4 Å². The van der Waals surface area contributed by atoms with E-state index in [9.17, 15) is 18.0 Å². The van der Waals surface area contributed by atoms with Crippen molar-refractivity contribution in [3.8, 4) is 0 Å². The lowest BCUT2D eigenvalue weighted by Crippen LogP contribution is -2.33. The van der Waals surface area contributed by atoms with Gasteiger partial charge in [-0.25, -0.2) is 13.2 Å². The SMILES string of the molecule is Cc1[nH]c2ccccc2c1C1(CNC(=O)c2ccc(F)c(F)c2F)CC1. The van der Waals surface area contributed by atoms with Gasteiger partial charge < -0.3 is 10.3 Å². The number of benzene rings is 2. The van der Waals surface area contributed by atoms with E-state index in [2.05, 4.69) is 10.3 Å². The molecule has 0 saturated heterocycles. The maximum absolute atomic E-state index is 13.8. The van der Waals surface area contributed by atoms with Gasteiger partial charge in [0, 0.05) is 28.6 Å². The van der Waals surface area contributed by atoms with Crippen LogP contribution in [-0.4, -0.2) is 17.4 Å². The number of carbonyl (C=O) groups excluding carboxylic acids is 1. The second-order valence-corrected chi connectivity index (χ2v) is 6.86. The molecule has 3 aromatic rings. The number of hydrogen-bond donors (Lipinski definition) is 2. The fourth-order valence-corrected chi connectivity index (χ4v) is 3.67. The van der Waals surface area contributed by atoms with E-state index in [-0.39, 0.29) is 5.41 Å². The molecule has 1 saturated carbocycles. The zero-order chi connectivity index (χ0) is 18.5. The van der Waals surface area contributed by atoms with Crippen molar-refractivity contribution >= 4 is 16.8 Å². The third kappa shape index (κ3) is 2.57. The first-order valence-electron chi connectivity index (χ1n) is 8.42. The number of carbonyl (C=O) groups is 1. The zero-order valence-electron chi connectivity index (χ0n) is 14.1. The molecule has 0 unspecified atom stereocenters. The highest BCUT2D eigenvalue weighted by Gasteiger charge is 2.47. The minimum absolute atomic E-state index is 0.214. The Kier molecular flexibility index (Phi) is 3.79. The van der Waals surface area contributed by atoms with Crippen LogP contribution in [0.3, 0.4) is 0 Å². The van der Waals surface area contributed by atoms with Crippen molar-refractivity contribution in [1.29, 1.82) is 0 Å². The van der Waals surface area contributed by atoms with E-state index < -0.39 is 28.9 Å².